The van der Waals surface area contributed by atoms with Crippen LogP contribution in [0.5, 0.6) is 5.88 Å². The van der Waals surface area contributed by atoms with Gasteiger partial charge in [-0.3, -0.25) is 4.79 Å². The molecule has 1 saturated carbocycles. The van der Waals surface area contributed by atoms with Gasteiger partial charge < -0.3 is 18.8 Å². The Kier molecular flexibility index (Phi) is 6.08. The van der Waals surface area contributed by atoms with Gasteiger partial charge in [-0.05, 0) is 58.6 Å². The lowest BCUT2D eigenvalue weighted by Crippen LogP contribution is -2.41. The number of carbonyl (C=O) groups is 1. The summed E-state index contributed by atoms with van der Waals surface area (Å²) in [4.78, 5) is 16.8. The molecule has 2 aliphatic rings. The van der Waals surface area contributed by atoms with E-state index < -0.39 is 7.12 Å². The van der Waals surface area contributed by atoms with Gasteiger partial charge in [0.25, 0.3) is 0 Å². The third-order valence-electron chi connectivity index (χ3n) is 6.51. The van der Waals surface area contributed by atoms with Gasteiger partial charge in [-0.15, -0.1) is 0 Å². The molecule has 1 aromatic carbocycles. The highest BCUT2D eigenvalue weighted by molar-refractivity contribution is 6.62. The Balaban J connectivity index is 1.27. The van der Waals surface area contributed by atoms with Gasteiger partial charge in [0.05, 0.1) is 17.1 Å². The average Bonchev–Trinajstić information content (AvgIpc) is 3.29. The van der Waals surface area contributed by atoms with Crippen molar-refractivity contribution in [3.05, 3.63) is 54.2 Å². The molecular formula is C24H30BNO5. The highest BCUT2D eigenvalue weighted by Crippen LogP contribution is 2.36. The summed E-state index contributed by atoms with van der Waals surface area (Å²) in [6.07, 6.45) is 3.92. The number of ether oxygens (including phenoxy) is 2. The van der Waals surface area contributed by atoms with E-state index in [0.717, 1.165) is 23.9 Å². The highest BCUT2D eigenvalue weighted by Gasteiger charge is 2.51. The summed E-state index contributed by atoms with van der Waals surface area (Å²) in [5.41, 5.74) is 1.08. The van der Waals surface area contributed by atoms with Crippen LogP contribution < -0.4 is 10.2 Å². The van der Waals surface area contributed by atoms with Crippen molar-refractivity contribution >= 4 is 18.6 Å². The molecule has 0 spiro atoms. The molecule has 6 nitrogen and oxygen atoms in total. The van der Waals surface area contributed by atoms with Crippen LogP contribution in [0, 0.1) is 5.92 Å². The molecule has 1 aliphatic carbocycles. The number of hydrogen-bond acceptors (Lipinski definition) is 6. The SMILES string of the molecule is CC1(C)OB(c2ccc(OC3CCC(C(=O)OCc4ccccc4)C3)nc2)OC1(C)C. The lowest BCUT2D eigenvalue weighted by molar-refractivity contribution is -0.149. The van der Waals surface area contributed by atoms with Gasteiger partial charge in [0.15, 0.2) is 0 Å². The van der Waals surface area contributed by atoms with Crippen LogP contribution in [0.2, 0.25) is 0 Å². The van der Waals surface area contributed by atoms with Crippen molar-refractivity contribution in [3.63, 3.8) is 0 Å². The monoisotopic (exact) mass is 423 g/mol. The largest absolute Gasteiger partial charge is 0.496 e. The molecule has 2 atom stereocenters. The van der Waals surface area contributed by atoms with E-state index in [1.54, 1.807) is 6.20 Å². The zero-order valence-electron chi connectivity index (χ0n) is 18.7. The maximum atomic E-state index is 12.4. The number of benzene rings is 1. The Morgan fingerprint density at radius 3 is 2.42 bits per heavy atom. The predicted octanol–water partition coefficient (Wildman–Crippen LogP) is 3.67. The third kappa shape index (κ3) is 4.94. The molecule has 1 saturated heterocycles. The smallest absolute Gasteiger partial charge is 0.474 e. The summed E-state index contributed by atoms with van der Waals surface area (Å²) < 4.78 is 23.6. The molecule has 4 rings (SSSR count). The number of aromatic nitrogens is 1. The van der Waals surface area contributed by atoms with Crippen molar-refractivity contribution in [2.45, 2.75) is 70.9 Å². The van der Waals surface area contributed by atoms with Crippen molar-refractivity contribution < 1.29 is 23.6 Å². The van der Waals surface area contributed by atoms with Crippen LogP contribution in [0.1, 0.15) is 52.5 Å². The predicted molar refractivity (Wildman–Crippen MR) is 118 cm³/mol. The molecule has 2 fully saturated rings. The van der Waals surface area contributed by atoms with E-state index in [1.807, 2.05) is 70.2 Å². The van der Waals surface area contributed by atoms with Crippen molar-refractivity contribution in [1.82, 2.24) is 4.98 Å². The topological polar surface area (TPSA) is 66.9 Å². The van der Waals surface area contributed by atoms with E-state index in [1.165, 1.54) is 0 Å². The average molecular weight is 423 g/mol. The first-order chi connectivity index (χ1) is 14.7. The molecule has 2 aromatic rings. The van der Waals surface area contributed by atoms with E-state index >= 15 is 0 Å². The van der Waals surface area contributed by atoms with Gasteiger partial charge in [0.1, 0.15) is 12.7 Å². The van der Waals surface area contributed by atoms with Gasteiger partial charge in [-0.1, -0.05) is 36.4 Å². The summed E-state index contributed by atoms with van der Waals surface area (Å²) >= 11 is 0. The Morgan fingerprint density at radius 2 is 1.77 bits per heavy atom. The molecule has 2 unspecified atom stereocenters. The molecule has 0 radical (unpaired) electrons. The maximum Gasteiger partial charge on any atom is 0.496 e. The number of esters is 1. The zero-order valence-corrected chi connectivity index (χ0v) is 18.7. The minimum absolute atomic E-state index is 0.0375. The first kappa shape index (κ1) is 21.8. The lowest BCUT2D eigenvalue weighted by atomic mass is 9.80. The number of carbonyl (C=O) groups excluding carboxylic acids is 1. The number of pyridine rings is 1. The number of hydrogen-bond donors (Lipinski definition) is 0. The summed E-state index contributed by atoms with van der Waals surface area (Å²) in [6, 6.07) is 13.5. The van der Waals surface area contributed by atoms with Crippen molar-refractivity contribution in [2.75, 3.05) is 0 Å². The third-order valence-corrected chi connectivity index (χ3v) is 6.51. The molecule has 164 valence electrons. The van der Waals surface area contributed by atoms with Gasteiger partial charge in [0, 0.05) is 11.7 Å². The molecule has 0 amide bonds. The number of rotatable bonds is 6. The van der Waals surface area contributed by atoms with Gasteiger partial charge in [0.2, 0.25) is 5.88 Å². The van der Waals surface area contributed by atoms with E-state index in [0.29, 0.717) is 18.9 Å². The van der Waals surface area contributed by atoms with E-state index in [9.17, 15) is 4.79 Å². The fraction of sp³-hybridized carbons (Fsp3) is 0.500. The van der Waals surface area contributed by atoms with Gasteiger partial charge in [-0.2, -0.15) is 0 Å². The minimum Gasteiger partial charge on any atom is -0.474 e. The highest BCUT2D eigenvalue weighted by atomic mass is 16.7. The molecule has 31 heavy (non-hydrogen) atoms. The zero-order chi connectivity index (χ0) is 22.1. The molecule has 1 aromatic heterocycles. The summed E-state index contributed by atoms with van der Waals surface area (Å²) in [7, 11) is -0.443. The van der Waals surface area contributed by atoms with Crippen LogP contribution in [-0.4, -0.2) is 35.4 Å². The molecule has 0 N–H and O–H groups in total. The second-order valence-electron chi connectivity index (χ2n) is 9.36. The van der Waals surface area contributed by atoms with Crippen LogP contribution in [-0.2, 0) is 25.4 Å². The van der Waals surface area contributed by atoms with E-state index in [-0.39, 0.29) is 29.2 Å². The Hall–Kier alpha value is -2.38. The second kappa shape index (κ2) is 8.63. The Morgan fingerprint density at radius 1 is 1.06 bits per heavy atom. The minimum atomic E-state index is -0.443. The van der Waals surface area contributed by atoms with E-state index in [4.69, 9.17) is 18.8 Å². The molecule has 7 heteroatoms. The lowest BCUT2D eigenvalue weighted by Gasteiger charge is -2.32. The number of nitrogens with zero attached hydrogens (tertiary/aromatic N) is 1. The van der Waals surface area contributed by atoms with Crippen LogP contribution in [0.15, 0.2) is 48.7 Å². The first-order valence-corrected chi connectivity index (χ1v) is 10.9. The maximum absolute atomic E-state index is 12.4. The van der Waals surface area contributed by atoms with Gasteiger partial charge in [-0.25, -0.2) is 4.98 Å². The normalized spacial score (nSPS) is 24.2. The summed E-state index contributed by atoms with van der Waals surface area (Å²) in [5.74, 6) is 0.264. The van der Waals surface area contributed by atoms with Crippen LogP contribution >= 0.6 is 0 Å². The second-order valence-corrected chi connectivity index (χ2v) is 9.36. The standard InChI is InChI=1S/C24H30BNO5/c1-23(2)24(3,4)31-25(30-23)19-11-13-21(26-15-19)29-20-12-10-18(14-20)22(27)28-16-17-8-6-5-7-9-17/h5-9,11,13,15,18,20H,10,12,14,16H2,1-4H3. The Labute approximate surface area is 184 Å². The van der Waals surface area contributed by atoms with Crippen molar-refractivity contribution in [3.8, 4) is 5.88 Å². The molecule has 2 heterocycles. The van der Waals surface area contributed by atoms with Crippen molar-refractivity contribution in [1.29, 1.82) is 0 Å². The fourth-order valence-corrected chi connectivity index (χ4v) is 3.86. The van der Waals surface area contributed by atoms with Gasteiger partial charge >= 0.3 is 13.1 Å². The molecule has 1 aliphatic heterocycles. The fourth-order valence-electron chi connectivity index (χ4n) is 3.86. The first-order valence-electron chi connectivity index (χ1n) is 10.9. The molecular weight excluding hydrogens is 393 g/mol. The van der Waals surface area contributed by atoms with Crippen molar-refractivity contribution in [2.24, 2.45) is 5.92 Å². The summed E-state index contributed by atoms with van der Waals surface area (Å²) in [5, 5.41) is 0. The summed E-state index contributed by atoms with van der Waals surface area (Å²) in [6.45, 7) is 8.42. The van der Waals surface area contributed by atoms with Crippen LogP contribution in [0.3, 0.4) is 0 Å². The Bertz CT molecular complexity index is 884. The van der Waals surface area contributed by atoms with E-state index in [2.05, 4.69) is 4.98 Å². The van der Waals surface area contributed by atoms with Crippen LogP contribution in [0.25, 0.3) is 0 Å². The quantitative estimate of drug-likeness (QED) is 0.522. The molecule has 0 bridgehead atoms. The van der Waals surface area contributed by atoms with Crippen LogP contribution in [0.4, 0.5) is 0 Å².